The fourth-order valence-corrected chi connectivity index (χ4v) is 4.51. The van der Waals surface area contributed by atoms with Gasteiger partial charge in [0.1, 0.15) is 23.0 Å². The molecule has 1 aliphatic carbocycles. The Morgan fingerprint density at radius 2 is 2.09 bits per heavy atom. The zero-order chi connectivity index (χ0) is 25.9. The van der Waals surface area contributed by atoms with E-state index in [2.05, 4.69) is 24.9 Å². The SMILES string of the molecule is CNC(=O)Cc1cc2nn(Cc3ncc(C)c(OC)c3Cl)nc3c-2c1CSN=C3N.CS(=O)(=O)O. The molecule has 0 fully saturated rings. The number of carbonyl (C=O) groups is 1. The highest BCUT2D eigenvalue weighted by atomic mass is 35.5. The zero-order valence-corrected chi connectivity index (χ0v) is 21.8. The van der Waals surface area contributed by atoms with Crippen LogP contribution >= 0.6 is 23.5 Å². The first kappa shape index (κ1) is 26.7. The third-order valence-electron chi connectivity index (χ3n) is 4.90. The maximum Gasteiger partial charge on any atom is 0.261 e. The number of ether oxygens (including phenoxy) is 1. The minimum Gasteiger partial charge on any atom is -0.495 e. The predicted molar refractivity (Wildman–Crippen MR) is 134 cm³/mol. The highest BCUT2D eigenvalue weighted by Gasteiger charge is 2.28. The summed E-state index contributed by atoms with van der Waals surface area (Å²) in [7, 11) is -0.486. The molecule has 12 nitrogen and oxygen atoms in total. The number of carbonyl (C=O) groups excluding carboxylic acids is 1. The first-order chi connectivity index (χ1) is 16.4. The molecule has 1 aromatic heterocycles. The fourth-order valence-electron chi connectivity index (χ4n) is 3.43. The molecular formula is C20H24ClN7O5S2. The lowest BCUT2D eigenvalue weighted by molar-refractivity contribution is -0.119. The minimum atomic E-state index is -3.67. The van der Waals surface area contributed by atoms with Gasteiger partial charge in [-0.25, -0.2) is 0 Å². The molecule has 0 radical (unpaired) electrons. The molecule has 0 spiro atoms. The molecule has 2 aliphatic heterocycles. The maximum atomic E-state index is 12.0. The molecule has 1 aromatic rings. The van der Waals surface area contributed by atoms with Crippen LogP contribution < -0.4 is 15.8 Å². The molecule has 4 rings (SSSR count). The Morgan fingerprint density at radius 3 is 2.71 bits per heavy atom. The van der Waals surface area contributed by atoms with Crippen LogP contribution in [0, 0.1) is 6.92 Å². The van der Waals surface area contributed by atoms with Crippen molar-refractivity contribution in [1.82, 2.24) is 25.3 Å². The smallest absolute Gasteiger partial charge is 0.261 e. The van der Waals surface area contributed by atoms with E-state index < -0.39 is 10.1 Å². The number of aryl methyl sites for hydroxylation is 1. The number of hydrogen-bond donors (Lipinski definition) is 3. The van der Waals surface area contributed by atoms with Gasteiger partial charge in [-0.2, -0.15) is 27.8 Å². The van der Waals surface area contributed by atoms with Crippen LogP contribution in [-0.4, -0.2) is 65.1 Å². The quantitative estimate of drug-likeness (QED) is 0.316. The van der Waals surface area contributed by atoms with E-state index >= 15 is 0 Å². The monoisotopic (exact) mass is 541 g/mol. The molecule has 15 heteroatoms. The number of nitrogens with one attached hydrogen (secondary N) is 1. The normalized spacial score (nSPS) is 12.9. The first-order valence-electron chi connectivity index (χ1n) is 10.1. The van der Waals surface area contributed by atoms with Gasteiger partial charge >= 0.3 is 0 Å². The van der Waals surface area contributed by atoms with Crippen LogP contribution in [0.1, 0.15) is 28.1 Å². The summed E-state index contributed by atoms with van der Waals surface area (Å²) >= 11 is 7.80. The van der Waals surface area contributed by atoms with E-state index in [9.17, 15) is 13.2 Å². The van der Waals surface area contributed by atoms with Crippen LogP contribution in [0.3, 0.4) is 0 Å². The zero-order valence-electron chi connectivity index (χ0n) is 19.4. The summed E-state index contributed by atoms with van der Waals surface area (Å²) in [6, 6.07) is 1.91. The van der Waals surface area contributed by atoms with Gasteiger partial charge in [0.15, 0.2) is 5.84 Å². The minimum absolute atomic E-state index is 0.0742. The van der Waals surface area contributed by atoms with Crippen molar-refractivity contribution in [1.29, 1.82) is 0 Å². The summed E-state index contributed by atoms with van der Waals surface area (Å²) in [5.74, 6) is 1.41. The average Bonchev–Trinajstić information content (AvgIpc) is 3.01. The van der Waals surface area contributed by atoms with Gasteiger partial charge in [0, 0.05) is 30.1 Å². The third kappa shape index (κ3) is 6.39. The first-order valence-corrected chi connectivity index (χ1v) is 13.3. The summed E-state index contributed by atoms with van der Waals surface area (Å²) in [5.41, 5.74) is 11.5. The van der Waals surface area contributed by atoms with E-state index in [1.54, 1.807) is 20.4 Å². The molecule has 4 N–H and O–H groups in total. The number of amides is 1. The maximum absolute atomic E-state index is 12.0. The molecule has 0 aromatic carbocycles. The number of amidine groups is 1. The van der Waals surface area contributed by atoms with Gasteiger partial charge in [0.25, 0.3) is 10.1 Å². The number of hydrogen-bond acceptors (Lipinski definition) is 10. The Morgan fingerprint density at radius 1 is 1.40 bits per heavy atom. The molecule has 188 valence electrons. The second-order valence-electron chi connectivity index (χ2n) is 7.56. The van der Waals surface area contributed by atoms with Crippen molar-refractivity contribution in [3.8, 4) is 17.0 Å². The third-order valence-corrected chi connectivity index (χ3v) is 6.03. The van der Waals surface area contributed by atoms with Gasteiger partial charge in [0.2, 0.25) is 5.91 Å². The van der Waals surface area contributed by atoms with E-state index in [4.69, 9.17) is 26.6 Å². The highest BCUT2D eigenvalue weighted by molar-refractivity contribution is 7.97. The Labute approximate surface area is 211 Å². The van der Waals surface area contributed by atoms with Crippen molar-refractivity contribution in [2.75, 3.05) is 20.4 Å². The van der Waals surface area contributed by atoms with E-state index in [0.717, 1.165) is 22.3 Å². The predicted octanol–water partition coefficient (Wildman–Crippen LogP) is 1.46. The topological polar surface area (TPSA) is 175 Å². The van der Waals surface area contributed by atoms with E-state index in [1.165, 1.54) is 16.7 Å². The molecule has 0 atom stereocenters. The average molecular weight is 542 g/mol. The number of methoxy groups -OCH3 is 1. The lowest BCUT2D eigenvalue weighted by Crippen LogP contribution is -2.22. The lowest BCUT2D eigenvalue weighted by Gasteiger charge is -2.14. The van der Waals surface area contributed by atoms with Crippen LogP contribution in [0.25, 0.3) is 11.3 Å². The second-order valence-corrected chi connectivity index (χ2v) is 10.1. The number of likely N-dealkylation sites (N-methyl/N-ethyl adjacent to an activating group) is 1. The van der Waals surface area contributed by atoms with Crippen molar-refractivity contribution in [3.05, 3.63) is 45.4 Å². The highest BCUT2D eigenvalue weighted by Crippen LogP contribution is 2.38. The Hall–Kier alpha value is -2.94. The molecule has 3 heterocycles. The van der Waals surface area contributed by atoms with Gasteiger partial charge in [-0.1, -0.05) is 11.6 Å². The summed E-state index contributed by atoms with van der Waals surface area (Å²) in [5, 5.41) is 12.3. The number of nitrogens with two attached hydrogens (primary N) is 1. The summed E-state index contributed by atoms with van der Waals surface area (Å²) in [6.07, 6.45) is 2.67. The second kappa shape index (κ2) is 10.8. The van der Waals surface area contributed by atoms with Gasteiger partial charge < -0.3 is 15.8 Å². The Kier molecular flexibility index (Phi) is 8.20. The molecule has 1 amide bonds. The van der Waals surface area contributed by atoms with Crippen molar-refractivity contribution < 1.29 is 22.5 Å². The molecule has 35 heavy (non-hydrogen) atoms. The lowest BCUT2D eigenvalue weighted by atomic mass is 10.1. The molecule has 0 saturated heterocycles. The van der Waals surface area contributed by atoms with Gasteiger partial charge in [-0.15, -0.1) is 0 Å². The van der Waals surface area contributed by atoms with Gasteiger partial charge in [-0.05, 0) is 36.1 Å². The molecule has 3 aliphatic rings. The summed E-state index contributed by atoms with van der Waals surface area (Å²) in [6.45, 7) is 2.10. The van der Waals surface area contributed by atoms with Crippen LogP contribution in [0.4, 0.5) is 0 Å². The van der Waals surface area contributed by atoms with E-state index in [0.29, 0.717) is 45.7 Å². The van der Waals surface area contributed by atoms with Crippen LogP contribution in [0.2, 0.25) is 5.02 Å². The Bertz CT molecular complexity index is 1370. The number of nitrogens with zero attached hydrogens (tertiary/aromatic N) is 5. The largest absolute Gasteiger partial charge is 0.495 e. The molecular weight excluding hydrogens is 518 g/mol. The number of rotatable bonds is 5. The van der Waals surface area contributed by atoms with Crippen molar-refractivity contribution in [3.63, 3.8) is 0 Å². The summed E-state index contributed by atoms with van der Waals surface area (Å²) in [4.78, 5) is 17.9. The van der Waals surface area contributed by atoms with Crippen LogP contribution in [0.5, 0.6) is 5.75 Å². The van der Waals surface area contributed by atoms with Crippen LogP contribution in [0.15, 0.2) is 16.7 Å². The van der Waals surface area contributed by atoms with Crippen molar-refractivity contribution in [2.24, 2.45) is 10.1 Å². The number of halogens is 1. The molecule has 0 bridgehead atoms. The van der Waals surface area contributed by atoms with E-state index in [-0.39, 0.29) is 18.9 Å². The van der Waals surface area contributed by atoms with Crippen LogP contribution in [-0.2, 0) is 33.6 Å². The van der Waals surface area contributed by atoms with Crippen molar-refractivity contribution >= 4 is 45.4 Å². The van der Waals surface area contributed by atoms with E-state index in [1.807, 2.05) is 13.0 Å². The fraction of sp³-hybridized carbons (Fsp3) is 0.350. The standard InChI is InChI=1S/C19H20ClN7O2S.CH4O3S/c1-9-6-23-13(16(20)18(9)29-3)7-27-24-12-4-10(5-14(28)22-2)11-8-30-26-19(21)17(25-27)15(11)12;1-5(2,3)4/h4,6H,5,7-8H2,1-3H3,(H2,21,26)(H,22,28);1H3,(H,2,3,4). The summed E-state index contributed by atoms with van der Waals surface area (Å²) < 4.78 is 35.6. The number of pyridine rings is 1. The Balaban J connectivity index is 0.000000623. The van der Waals surface area contributed by atoms with Crippen molar-refractivity contribution in [2.45, 2.75) is 25.6 Å². The molecule has 0 unspecified atom stereocenters. The molecule has 0 saturated carbocycles. The van der Waals surface area contributed by atoms with Gasteiger partial charge in [-0.3, -0.25) is 14.3 Å². The number of aromatic nitrogens is 4. The van der Waals surface area contributed by atoms with Gasteiger partial charge in [0.05, 0.1) is 31.2 Å².